The fourth-order valence-electron chi connectivity index (χ4n) is 3.74. The van der Waals surface area contributed by atoms with Gasteiger partial charge in [-0.3, -0.25) is 9.89 Å². The highest BCUT2D eigenvalue weighted by Gasteiger charge is 2.23. The highest BCUT2D eigenvalue weighted by atomic mass is 16.3. The normalized spacial score (nSPS) is 17.0. The number of aromatic amines is 1. The number of β-amino-alcohol motifs (C(OH)–C–C–N with tert-alkyl or cyclic N) is 1. The van der Waals surface area contributed by atoms with Crippen LogP contribution in [0.2, 0.25) is 0 Å². The number of benzene rings is 2. The SMILES string of the molecule is O=C(c1ccc(-n2cc(-c3n[nH]c4ccccc34)nn2)cc1)N1CCC[C@@H](O)C1. The summed E-state index contributed by atoms with van der Waals surface area (Å²) in [6, 6.07) is 15.1. The van der Waals surface area contributed by atoms with E-state index in [1.165, 1.54) is 0 Å². The highest BCUT2D eigenvalue weighted by Crippen LogP contribution is 2.24. The largest absolute Gasteiger partial charge is 0.391 e. The quantitative estimate of drug-likeness (QED) is 0.561. The van der Waals surface area contributed by atoms with E-state index < -0.39 is 6.10 Å². The van der Waals surface area contributed by atoms with Crippen molar-refractivity contribution in [2.75, 3.05) is 13.1 Å². The molecule has 1 aliphatic heterocycles. The first-order chi connectivity index (χ1) is 14.2. The molecular formula is C21H20N6O2. The number of fused-ring (bicyclic) bond motifs is 1. The van der Waals surface area contributed by atoms with E-state index >= 15 is 0 Å². The van der Waals surface area contributed by atoms with Crippen molar-refractivity contribution < 1.29 is 9.90 Å². The summed E-state index contributed by atoms with van der Waals surface area (Å²) in [5.41, 5.74) is 3.77. The van der Waals surface area contributed by atoms with Crippen molar-refractivity contribution in [2.45, 2.75) is 18.9 Å². The molecule has 8 heteroatoms. The molecule has 1 saturated heterocycles. The molecule has 146 valence electrons. The Morgan fingerprint density at radius 2 is 1.97 bits per heavy atom. The van der Waals surface area contributed by atoms with Crippen LogP contribution in [0.25, 0.3) is 28.0 Å². The molecule has 1 atom stereocenters. The number of carbonyl (C=O) groups is 1. The standard InChI is InChI=1S/C21H20N6O2/c28-16-4-3-11-26(12-16)21(29)14-7-9-15(10-8-14)27-13-19(23-25-27)20-17-5-1-2-6-18(17)22-24-20/h1-2,5-10,13,16,28H,3-4,11-12H2,(H,22,24)/t16-/m1/s1. The number of likely N-dealkylation sites (tertiary alicyclic amines) is 1. The Balaban J connectivity index is 1.38. The Labute approximate surface area is 166 Å². The predicted octanol–water partition coefficient (Wildman–Crippen LogP) is 2.41. The number of carbonyl (C=O) groups excluding carboxylic acids is 1. The Hall–Kier alpha value is -3.52. The van der Waals surface area contributed by atoms with Gasteiger partial charge in [0.05, 0.1) is 23.5 Å². The summed E-state index contributed by atoms with van der Waals surface area (Å²) < 4.78 is 1.66. The van der Waals surface area contributed by atoms with Crippen molar-refractivity contribution in [3.05, 3.63) is 60.3 Å². The van der Waals surface area contributed by atoms with E-state index in [1.54, 1.807) is 21.7 Å². The number of piperidine rings is 1. The summed E-state index contributed by atoms with van der Waals surface area (Å²) in [5, 5.41) is 26.6. The van der Waals surface area contributed by atoms with E-state index in [-0.39, 0.29) is 5.91 Å². The minimum Gasteiger partial charge on any atom is -0.391 e. The van der Waals surface area contributed by atoms with Gasteiger partial charge < -0.3 is 10.0 Å². The number of para-hydroxylation sites is 1. The van der Waals surface area contributed by atoms with Crippen LogP contribution in [-0.4, -0.2) is 60.3 Å². The van der Waals surface area contributed by atoms with Gasteiger partial charge in [0.25, 0.3) is 5.91 Å². The van der Waals surface area contributed by atoms with E-state index in [9.17, 15) is 9.90 Å². The van der Waals surface area contributed by atoms with Crippen LogP contribution < -0.4 is 0 Å². The second-order valence-corrected chi connectivity index (χ2v) is 7.26. The molecule has 5 rings (SSSR count). The molecule has 3 heterocycles. The number of nitrogens with one attached hydrogen (secondary N) is 1. The van der Waals surface area contributed by atoms with Gasteiger partial charge in [-0.15, -0.1) is 5.10 Å². The zero-order chi connectivity index (χ0) is 19.8. The van der Waals surface area contributed by atoms with Gasteiger partial charge >= 0.3 is 0 Å². The molecule has 2 aromatic carbocycles. The van der Waals surface area contributed by atoms with Crippen LogP contribution in [0.4, 0.5) is 0 Å². The van der Waals surface area contributed by atoms with E-state index in [0.717, 1.165) is 35.1 Å². The van der Waals surface area contributed by atoms with Gasteiger partial charge in [-0.2, -0.15) is 5.10 Å². The smallest absolute Gasteiger partial charge is 0.253 e. The molecule has 0 saturated carbocycles. The Morgan fingerprint density at radius 3 is 2.79 bits per heavy atom. The number of rotatable bonds is 3. The number of aromatic nitrogens is 5. The third kappa shape index (κ3) is 3.27. The summed E-state index contributed by atoms with van der Waals surface area (Å²) in [4.78, 5) is 14.4. The molecule has 2 N–H and O–H groups in total. The molecule has 1 fully saturated rings. The summed E-state index contributed by atoms with van der Waals surface area (Å²) >= 11 is 0. The topological polar surface area (TPSA) is 99.9 Å². The Morgan fingerprint density at radius 1 is 1.14 bits per heavy atom. The average molecular weight is 388 g/mol. The van der Waals surface area contributed by atoms with Crippen LogP contribution in [0, 0.1) is 0 Å². The van der Waals surface area contributed by atoms with Gasteiger partial charge in [-0.25, -0.2) is 4.68 Å². The number of hydrogen-bond donors (Lipinski definition) is 2. The molecule has 0 bridgehead atoms. The lowest BCUT2D eigenvalue weighted by atomic mass is 10.1. The minimum absolute atomic E-state index is 0.0578. The molecular weight excluding hydrogens is 368 g/mol. The second-order valence-electron chi connectivity index (χ2n) is 7.26. The van der Waals surface area contributed by atoms with Crippen molar-refractivity contribution >= 4 is 16.8 Å². The number of nitrogens with zero attached hydrogens (tertiary/aromatic N) is 5. The first-order valence-electron chi connectivity index (χ1n) is 9.62. The number of H-pyrrole nitrogens is 1. The molecule has 1 amide bonds. The lowest BCUT2D eigenvalue weighted by Crippen LogP contribution is -2.42. The van der Waals surface area contributed by atoms with Crippen LogP contribution in [0.3, 0.4) is 0 Å². The van der Waals surface area contributed by atoms with E-state index in [0.29, 0.717) is 24.3 Å². The van der Waals surface area contributed by atoms with E-state index in [1.807, 2.05) is 42.6 Å². The Bertz CT molecular complexity index is 1160. The number of aliphatic hydroxyl groups is 1. The maximum atomic E-state index is 12.6. The molecule has 0 unspecified atom stereocenters. The minimum atomic E-state index is -0.432. The van der Waals surface area contributed by atoms with Crippen LogP contribution in [-0.2, 0) is 0 Å². The van der Waals surface area contributed by atoms with Gasteiger partial charge in [0, 0.05) is 24.0 Å². The van der Waals surface area contributed by atoms with Crippen molar-refractivity contribution in [2.24, 2.45) is 0 Å². The number of aliphatic hydroxyl groups excluding tert-OH is 1. The van der Waals surface area contributed by atoms with Gasteiger partial charge in [-0.05, 0) is 43.2 Å². The molecule has 29 heavy (non-hydrogen) atoms. The molecule has 8 nitrogen and oxygen atoms in total. The molecule has 2 aromatic heterocycles. The van der Waals surface area contributed by atoms with Crippen LogP contribution >= 0.6 is 0 Å². The third-order valence-electron chi connectivity index (χ3n) is 5.27. The third-order valence-corrected chi connectivity index (χ3v) is 5.27. The lowest BCUT2D eigenvalue weighted by Gasteiger charge is -2.30. The zero-order valence-electron chi connectivity index (χ0n) is 15.7. The van der Waals surface area contributed by atoms with Crippen LogP contribution in [0.1, 0.15) is 23.2 Å². The fourth-order valence-corrected chi connectivity index (χ4v) is 3.74. The van der Waals surface area contributed by atoms with E-state index in [2.05, 4.69) is 20.5 Å². The molecule has 0 aliphatic carbocycles. The first-order valence-corrected chi connectivity index (χ1v) is 9.62. The van der Waals surface area contributed by atoms with Crippen LogP contribution in [0.5, 0.6) is 0 Å². The molecule has 0 radical (unpaired) electrons. The molecule has 0 spiro atoms. The van der Waals surface area contributed by atoms with Gasteiger partial charge in [-0.1, -0.05) is 23.4 Å². The highest BCUT2D eigenvalue weighted by molar-refractivity contribution is 5.94. The van der Waals surface area contributed by atoms with Gasteiger partial charge in [0.1, 0.15) is 11.4 Å². The molecule has 4 aromatic rings. The fraction of sp³-hybridized carbons (Fsp3) is 0.238. The van der Waals surface area contributed by atoms with E-state index in [4.69, 9.17) is 0 Å². The lowest BCUT2D eigenvalue weighted by molar-refractivity contribution is 0.0474. The monoisotopic (exact) mass is 388 g/mol. The van der Waals surface area contributed by atoms with Gasteiger partial charge in [0.2, 0.25) is 0 Å². The average Bonchev–Trinajstić information content (AvgIpc) is 3.40. The van der Waals surface area contributed by atoms with Crippen molar-refractivity contribution in [3.63, 3.8) is 0 Å². The maximum Gasteiger partial charge on any atom is 0.253 e. The number of hydrogen-bond acceptors (Lipinski definition) is 5. The molecule has 1 aliphatic rings. The van der Waals surface area contributed by atoms with Crippen molar-refractivity contribution in [1.29, 1.82) is 0 Å². The van der Waals surface area contributed by atoms with Gasteiger partial charge in [0.15, 0.2) is 0 Å². The number of amides is 1. The van der Waals surface area contributed by atoms with Crippen molar-refractivity contribution in [3.8, 4) is 17.1 Å². The predicted molar refractivity (Wildman–Crippen MR) is 108 cm³/mol. The zero-order valence-corrected chi connectivity index (χ0v) is 15.7. The Kier molecular flexibility index (Phi) is 4.33. The summed E-state index contributed by atoms with van der Waals surface area (Å²) in [6.45, 7) is 1.08. The first kappa shape index (κ1) is 17.6. The maximum absolute atomic E-state index is 12.6. The summed E-state index contributed by atoms with van der Waals surface area (Å²) in [7, 11) is 0. The van der Waals surface area contributed by atoms with Crippen LogP contribution in [0.15, 0.2) is 54.7 Å². The summed E-state index contributed by atoms with van der Waals surface area (Å²) in [5.74, 6) is -0.0578. The second kappa shape index (κ2) is 7.14. The summed E-state index contributed by atoms with van der Waals surface area (Å²) in [6.07, 6.45) is 2.97. The van der Waals surface area contributed by atoms with Crippen molar-refractivity contribution in [1.82, 2.24) is 30.1 Å².